The minimum atomic E-state index is 0.714. The van der Waals surface area contributed by atoms with E-state index in [4.69, 9.17) is 5.26 Å². The van der Waals surface area contributed by atoms with E-state index in [0.29, 0.717) is 6.42 Å². The van der Waals surface area contributed by atoms with Crippen molar-refractivity contribution in [2.45, 2.75) is 51.0 Å². The fourth-order valence-corrected chi connectivity index (χ4v) is 3.17. The van der Waals surface area contributed by atoms with Gasteiger partial charge in [-0.1, -0.05) is 6.42 Å². The van der Waals surface area contributed by atoms with Crippen molar-refractivity contribution in [3.8, 4) is 6.07 Å². The van der Waals surface area contributed by atoms with Crippen molar-refractivity contribution in [1.82, 2.24) is 9.80 Å². The van der Waals surface area contributed by atoms with Gasteiger partial charge in [-0.3, -0.25) is 0 Å². The van der Waals surface area contributed by atoms with Crippen LogP contribution < -0.4 is 0 Å². The van der Waals surface area contributed by atoms with Crippen molar-refractivity contribution in [3.05, 3.63) is 0 Å². The molecular formula is C14H25N3. The number of piperidine rings is 2. The molecule has 0 saturated carbocycles. The Balaban J connectivity index is 1.65. The van der Waals surface area contributed by atoms with Gasteiger partial charge in [0.2, 0.25) is 0 Å². The molecule has 0 radical (unpaired) electrons. The maximum absolute atomic E-state index is 8.53. The molecule has 0 aliphatic carbocycles. The van der Waals surface area contributed by atoms with Gasteiger partial charge in [0, 0.05) is 12.5 Å². The normalized spacial score (nSPS) is 24.6. The standard InChI is InChI=1S/C14H25N3/c15-8-2-5-9-16-12-6-14(7-13-16)17-10-3-1-4-11-17/h14H,1-7,9-13H2. The second-order valence-electron chi connectivity index (χ2n) is 5.43. The molecule has 0 bridgehead atoms. The molecular weight excluding hydrogens is 210 g/mol. The zero-order valence-electron chi connectivity index (χ0n) is 10.9. The first-order valence-electron chi connectivity index (χ1n) is 7.23. The molecule has 96 valence electrons. The average molecular weight is 235 g/mol. The largest absolute Gasteiger partial charge is 0.303 e. The molecule has 0 N–H and O–H groups in total. The summed E-state index contributed by atoms with van der Waals surface area (Å²) in [6.45, 7) is 6.28. The van der Waals surface area contributed by atoms with Gasteiger partial charge in [-0.2, -0.15) is 5.26 Å². The monoisotopic (exact) mass is 235 g/mol. The molecule has 2 saturated heterocycles. The van der Waals surface area contributed by atoms with Gasteiger partial charge in [-0.25, -0.2) is 0 Å². The highest BCUT2D eigenvalue weighted by Gasteiger charge is 2.24. The van der Waals surface area contributed by atoms with Gasteiger partial charge in [0.25, 0.3) is 0 Å². The van der Waals surface area contributed by atoms with E-state index < -0.39 is 0 Å². The summed E-state index contributed by atoms with van der Waals surface area (Å²) in [5.41, 5.74) is 0. The molecule has 0 aromatic carbocycles. The molecule has 17 heavy (non-hydrogen) atoms. The molecule has 0 aromatic heterocycles. The molecule has 0 unspecified atom stereocenters. The molecule has 2 aliphatic heterocycles. The number of hydrogen-bond donors (Lipinski definition) is 0. The Kier molecular flexibility index (Phi) is 5.28. The van der Waals surface area contributed by atoms with Crippen LogP contribution in [0.5, 0.6) is 0 Å². The van der Waals surface area contributed by atoms with Crippen LogP contribution in [0.4, 0.5) is 0 Å². The molecule has 2 rings (SSSR count). The lowest BCUT2D eigenvalue weighted by Gasteiger charge is -2.40. The van der Waals surface area contributed by atoms with E-state index in [1.165, 1.54) is 58.3 Å². The third-order valence-corrected chi connectivity index (χ3v) is 4.23. The second kappa shape index (κ2) is 6.98. The van der Waals surface area contributed by atoms with E-state index >= 15 is 0 Å². The Morgan fingerprint density at radius 2 is 1.71 bits per heavy atom. The maximum atomic E-state index is 8.53. The van der Waals surface area contributed by atoms with E-state index in [9.17, 15) is 0 Å². The molecule has 3 nitrogen and oxygen atoms in total. The molecule has 0 atom stereocenters. The van der Waals surface area contributed by atoms with Gasteiger partial charge in [-0.15, -0.1) is 0 Å². The number of unbranched alkanes of at least 4 members (excludes halogenated alkanes) is 1. The van der Waals surface area contributed by atoms with E-state index in [2.05, 4.69) is 15.9 Å². The lowest BCUT2D eigenvalue weighted by molar-refractivity contribution is 0.0923. The Labute approximate surface area is 105 Å². The smallest absolute Gasteiger partial charge is 0.0622 e. The van der Waals surface area contributed by atoms with Gasteiger partial charge >= 0.3 is 0 Å². The Morgan fingerprint density at radius 3 is 2.35 bits per heavy atom. The summed E-state index contributed by atoms with van der Waals surface area (Å²) in [4.78, 5) is 5.26. The van der Waals surface area contributed by atoms with E-state index in [1.807, 2.05) is 0 Å². The molecule has 2 aliphatic rings. The summed E-state index contributed by atoms with van der Waals surface area (Å²) in [5, 5.41) is 8.53. The average Bonchev–Trinajstić information content (AvgIpc) is 2.41. The van der Waals surface area contributed by atoms with Crippen LogP contribution in [0, 0.1) is 11.3 Å². The fraction of sp³-hybridized carbons (Fsp3) is 0.929. The van der Waals surface area contributed by atoms with Crippen LogP contribution in [-0.4, -0.2) is 48.6 Å². The van der Waals surface area contributed by atoms with Gasteiger partial charge < -0.3 is 9.80 Å². The van der Waals surface area contributed by atoms with Crippen LogP contribution in [-0.2, 0) is 0 Å². The van der Waals surface area contributed by atoms with Gasteiger partial charge in [0.15, 0.2) is 0 Å². The van der Waals surface area contributed by atoms with Gasteiger partial charge in [0.05, 0.1) is 6.07 Å². The summed E-state index contributed by atoms with van der Waals surface area (Å²) in [6.07, 6.45) is 8.68. The number of nitrogens with zero attached hydrogens (tertiary/aromatic N) is 3. The topological polar surface area (TPSA) is 30.3 Å². The quantitative estimate of drug-likeness (QED) is 0.700. The highest BCUT2D eigenvalue weighted by molar-refractivity contribution is 4.82. The van der Waals surface area contributed by atoms with Crippen LogP contribution in [0.15, 0.2) is 0 Å². The zero-order chi connectivity index (χ0) is 11.9. The van der Waals surface area contributed by atoms with Crippen LogP contribution in [0.2, 0.25) is 0 Å². The fourth-order valence-electron chi connectivity index (χ4n) is 3.17. The van der Waals surface area contributed by atoms with Crippen molar-refractivity contribution in [2.24, 2.45) is 0 Å². The lowest BCUT2D eigenvalue weighted by atomic mass is 10.00. The van der Waals surface area contributed by atoms with Crippen LogP contribution >= 0.6 is 0 Å². The van der Waals surface area contributed by atoms with E-state index in [0.717, 1.165) is 19.0 Å². The predicted octanol–water partition coefficient (Wildman–Crippen LogP) is 2.24. The summed E-state index contributed by atoms with van der Waals surface area (Å²) >= 11 is 0. The number of hydrogen-bond acceptors (Lipinski definition) is 3. The van der Waals surface area contributed by atoms with Crippen LogP contribution in [0.1, 0.15) is 44.9 Å². The highest BCUT2D eigenvalue weighted by Crippen LogP contribution is 2.20. The van der Waals surface area contributed by atoms with Crippen LogP contribution in [0.3, 0.4) is 0 Å². The Bertz CT molecular complexity index is 245. The third kappa shape index (κ3) is 3.97. The third-order valence-electron chi connectivity index (χ3n) is 4.23. The van der Waals surface area contributed by atoms with Crippen molar-refractivity contribution in [2.75, 3.05) is 32.7 Å². The molecule has 3 heteroatoms. The van der Waals surface area contributed by atoms with Gasteiger partial charge in [-0.05, 0) is 64.8 Å². The predicted molar refractivity (Wildman–Crippen MR) is 69.7 cm³/mol. The molecule has 0 spiro atoms. The summed E-state index contributed by atoms with van der Waals surface area (Å²) < 4.78 is 0. The molecule has 0 aromatic rings. The number of rotatable bonds is 4. The van der Waals surface area contributed by atoms with Crippen molar-refractivity contribution in [3.63, 3.8) is 0 Å². The van der Waals surface area contributed by atoms with E-state index in [1.54, 1.807) is 0 Å². The van der Waals surface area contributed by atoms with Gasteiger partial charge in [0.1, 0.15) is 0 Å². The first-order valence-corrected chi connectivity index (χ1v) is 7.23. The summed E-state index contributed by atoms with van der Waals surface area (Å²) in [7, 11) is 0. The van der Waals surface area contributed by atoms with Crippen LogP contribution in [0.25, 0.3) is 0 Å². The Hall–Kier alpha value is -0.590. The SMILES string of the molecule is N#CCCCN1CCC(N2CCCCC2)CC1. The first-order chi connectivity index (χ1) is 8.40. The second-order valence-corrected chi connectivity index (χ2v) is 5.43. The maximum Gasteiger partial charge on any atom is 0.0622 e. The van der Waals surface area contributed by atoms with Crippen molar-refractivity contribution >= 4 is 0 Å². The lowest BCUT2D eigenvalue weighted by Crippen LogP contribution is -2.46. The number of likely N-dealkylation sites (tertiary alicyclic amines) is 2. The van der Waals surface area contributed by atoms with Crippen molar-refractivity contribution < 1.29 is 0 Å². The summed E-state index contributed by atoms with van der Waals surface area (Å²) in [5.74, 6) is 0. The minimum Gasteiger partial charge on any atom is -0.303 e. The zero-order valence-corrected chi connectivity index (χ0v) is 10.9. The Morgan fingerprint density at radius 1 is 1.00 bits per heavy atom. The van der Waals surface area contributed by atoms with Crippen molar-refractivity contribution in [1.29, 1.82) is 5.26 Å². The highest BCUT2D eigenvalue weighted by atomic mass is 15.2. The molecule has 2 heterocycles. The number of nitriles is 1. The first kappa shape index (κ1) is 12.9. The minimum absolute atomic E-state index is 0.714. The summed E-state index contributed by atoms with van der Waals surface area (Å²) in [6, 6.07) is 3.08. The van der Waals surface area contributed by atoms with E-state index in [-0.39, 0.29) is 0 Å². The molecule has 0 amide bonds. The molecule has 2 fully saturated rings.